The zero-order valence-electron chi connectivity index (χ0n) is 13.1. The fraction of sp³-hybridized carbons (Fsp3) is 0.333. The van der Waals surface area contributed by atoms with Gasteiger partial charge in [0.05, 0.1) is 6.04 Å². The fourth-order valence-electron chi connectivity index (χ4n) is 2.35. The SMILES string of the molecule is Cc1ccc(C(NN)c2ccc(C(C)(C)C)cc2)cc1Br. The third kappa shape index (κ3) is 3.73. The Morgan fingerprint density at radius 2 is 1.57 bits per heavy atom. The lowest BCUT2D eigenvalue weighted by molar-refractivity contribution is 0.588. The molecular formula is C18H23BrN2. The third-order valence-electron chi connectivity index (χ3n) is 3.81. The highest BCUT2D eigenvalue weighted by Crippen LogP contribution is 2.28. The van der Waals surface area contributed by atoms with Gasteiger partial charge in [-0.05, 0) is 40.7 Å². The van der Waals surface area contributed by atoms with Crippen molar-refractivity contribution in [3.63, 3.8) is 0 Å². The second-order valence-corrected chi connectivity index (χ2v) is 7.33. The maximum absolute atomic E-state index is 5.78. The molecule has 0 aliphatic rings. The highest BCUT2D eigenvalue weighted by Gasteiger charge is 2.16. The summed E-state index contributed by atoms with van der Waals surface area (Å²) in [6.07, 6.45) is 0. The van der Waals surface area contributed by atoms with E-state index in [2.05, 4.69) is 91.5 Å². The van der Waals surface area contributed by atoms with Crippen LogP contribution in [0.1, 0.15) is 49.1 Å². The zero-order valence-corrected chi connectivity index (χ0v) is 14.7. The summed E-state index contributed by atoms with van der Waals surface area (Å²) in [5.74, 6) is 5.78. The Kier molecular flexibility index (Phi) is 4.87. The Bertz CT molecular complexity index is 612. The van der Waals surface area contributed by atoms with Crippen LogP contribution in [0.2, 0.25) is 0 Å². The van der Waals surface area contributed by atoms with Crippen molar-refractivity contribution < 1.29 is 0 Å². The van der Waals surface area contributed by atoms with Crippen LogP contribution in [0.15, 0.2) is 46.9 Å². The van der Waals surface area contributed by atoms with Crippen LogP contribution in [0, 0.1) is 6.92 Å². The molecule has 0 bridgehead atoms. The normalized spacial score (nSPS) is 13.2. The molecule has 0 aliphatic carbocycles. The van der Waals surface area contributed by atoms with E-state index in [0.29, 0.717) is 0 Å². The highest BCUT2D eigenvalue weighted by atomic mass is 79.9. The van der Waals surface area contributed by atoms with E-state index in [9.17, 15) is 0 Å². The number of aryl methyl sites for hydroxylation is 1. The van der Waals surface area contributed by atoms with Crippen LogP contribution < -0.4 is 11.3 Å². The van der Waals surface area contributed by atoms with Gasteiger partial charge < -0.3 is 0 Å². The Morgan fingerprint density at radius 3 is 2.05 bits per heavy atom. The molecule has 3 heteroatoms. The van der Waals surface area contributed by atoms with Gasteiger partial charge in [-0.1, -0.05) is 73.1 Å². The number of rotatable bonds is 3. The summed E-state index contributed by atoms with van der Waals surface area (Å²) in [5.41, 5.74) is 7.95. The first kappa shape index (κ1) is 16.2. The molecule has 0 amide bonds. The first-order chi connectivity index (χ1) is 9.82. The van der Waals surface area contributed by atoms with E-state index in [1.165, 1.54) is 16.7 Å². The minimum absolute atomic E-state index is 0.00378. The van der Waals surface area contributed by atoms with E-state index in [1.807, 2.05) is 0 Å². The molecule has 2 nitrogen and oxygen atoms in total. The largest absolute Gasteiger partial charge is 0.271 e. The molecule has 0 heterocycles. The monoisotopic (exact) mass is 346 g/mol. The van der Waals surface area contributed by atoms with Gasteiger partial charge >= 0.3 is 0 Å². The topological polar surface area (TPSA) is 38.0 Å². The van der Waals surface area contributed by atoms with Gasteiger partial charge in [0.25, 0.3) is 0 Å². The number of nitrogens with one attached hydrogen (secondary N) is 1. The van der Waals surface area contributed by atoms with Crippen molar-refractivity contribution in [3.8, 4) is 0 Å². The summed E-state index contributed by atoms with van der Waals surface area (Å²) in [5, 5.41) is 0. The molecule has 0 radical (unpaired) electrons. The van der Waals surface area contributed by atoms with E-state index in [1.54, 1.807) is 0 Å². The quantitative estimate of drug-likeness (QED) is 0.629. The van der Waals surface area contributed by atoms with E-state index >= 15 is 0 Å². The molecule has 2 aromatic rings. The van der Waals surface area contributed by atoms with Gasteiger partial charge in [-0.25, -0.2) is 5.43 Å². The molecule has 0 spiro atoms. The molecule has 2 rings (SSSR count). The van der Waals surface area contributed by atoms with Gasteiger partial charge in [-0.15, -0.1) is 0 Å². The van der Waals surface area contributed by atoms with Crippen molar-refractivity contribution in [3.05, 3.63) is 69.2 Å². The predicted octanol–water partition coefficient (Wildman–Crippen LogP) is 4.61. The fourth-order valence-corrected chi connectivity index (χ4v) is 2.75. The molecule has 0 saturated carbocycles. The first-order valence-electron chi connectivity index (χ1n) is 7.15. The molecule has 0 saturated heterocycles. The van der Waals surface area contributed by atoms with Crippen LogP contribution in [0.5, 0.6) is 0 Å². The van der Waals surface area contributed by atoms with Gasteiger partial charge in [0.15, 0.2) is 0 Å². The van der Waals surface area contributed by atoms with Gasteiger partial charge in [0.2, 0.25) is 0 Å². The summed E-state index contributed by atoms with van der Waals surface area (Å²) in [7, 11) is 0. The second kappa shape index (κ2) is 6.30. The average Bonchev–Trinajstić information content (AvgIpc) is 2.43. The van der Waals surface area contributed by atoms with Crippen LogP contribution in [0.3, 0.4) is 0 Å². The first-order valence-corrected chi connectivity index (χ1v) is 7.95. The smallest absolute Gasteiger partial charge is 0.0710 e. The standard InChI is InChI=1S/C18H23BrN2/c1-12-5-6-14(11-16(12)19)17(21-20)13-7-9-15(10-8-13)18(2,3)4/h5-11,17,21H,20H2,1-4H3. The summed E-state index contributed by atoms with van der Waals surface area (Å²) in [4.78, 5) is 0. The maximum atomic E-state index is 5.78. The number of halogens is 1. The summed E-state index contributed by atoms with van der Waals surface area (Å²) < 4.78 is 1.10. The van der Waals surface area contributed by atoms with E-state index in [0.717, 1.165) is 10.0 Å². The molecule has 1 unspecified atom stereocenters. The molecule has 2 aromatic carbocycles. The molecule has 1 atom stereocenters. The van der Waals surface area contributed by atoms with Crippen molar-refractivity contribution in [2.24, 2.45) is 5.84 Å². The second-order valence-electron chi connectivity index (χ2n) is 6.48. The van der Waals surface area contributed by atoms with Crippen LogP contribution in [-0.2, 0) is 5.41 Å². The van der Waals surface area contributed by atoms with Crippen LogP contribution >= 0.6 is 15.9 Å². The van der Waals surface area contributed by atoms with E-state index in [-0.39, 0.29) is 11.5 Å². The van der Waals surface area contributed by atoms with Crippen molar-refractivity contribution in [1.29, 1.82) is 0 Å². The lowest BCUT2D eigenvalue weighted by atomic mass is 9.86. The van der Waals surface area contributed by atoms with Crippen molar-refractivity contribution >= 4 is 15.9 Å². The third-order valence-corrected chi connectivity index (χ3v) is 4.66. The lowest BCUT2D eigenvalue weighted by Gasteiger charge is -2.22. The Hall–Kier alpha value is -1.16. The number of benzene rings is 2. The number of hydrogen-bond acceptors (Lipinski definition) is 2. The Morgan fingerprint density at radius 1 is 1.00 bits per heavy atom. The number of nitrogens with two attached hydrogens (primary N) is 1. The molecule has 21 heavy (non-hydrogen) atoms. The summed E-state index contributed by atoms with van der Waals surface area (Å²) >= 11 is 3.59. The van der Waals surface area contributed by atoms with Gasteiger partial charge in [-0.3, -0.25) is 5.84 Å². The number of hydrazine groups is 1. The molecule has 0 fully saturated rings. The number of hydrogen-bond donors (Lipinski definition) is 2. The van der Waals surface area contributed by atoms with Gasteiger partial charge in [-0.2, -0.15) is 0 Å². The molecule has 112 valence electrons. The van der Waals surface area contributed by atoms with E-state index in [4.69, 9.17) is 5.84 Å². The highest BCUT2D eigenvalue weighted by molar-refractivity contribution is 9.10. The Balaban J connectivity index is 2.35. The molecule has 0 aromatic heterocycles. The van der Waals surface area contributed by atoms with Crippen molar-refractivity contribution in [2.75, 3.05) is 0 Å². The zero-order chi connectivity index (χ0) is 15.6. The summed E-state index contributed by atoms with van der Waals surface area (Å²) in [6.45, 7) is 8.74. The van der Waals surface area contributed by atoms with Gasteiger partial charge in [0, 0.05) is 4.47 Å². The Labute approximate surface area is 135 Å². The summed E-state index contributed by atoms with van der Waals surface area (Å²) in [6, 6.07) is 15.0. The molecule has 3 N–H and O–H groups in total. The van der Waals surface area contributed by atoms with Crippen LogP contribution in [-0.4, -0.2) is 0 Å². The van der Waals surface area contributed by atoms with Crippen LogP contribution in [0.4, 0.5) is 0 Å². The van der Waals surface area contributed by atoms with E-state index < -0.39 is 0 Å². The minimum Gasteiger partial charge on any atom is -0.271 e. The predicted molar refractivity (Wildman–Crippen MR) is 93.2 cm³/mol. The molecule has 0 aliphatic heterocycles. The van der Waals surface area contributed by atoms with Gasteiger partial charge in [0.1, 0.15) is 0 Å². The van der Waals surface area contributed by atoms with Crippen molar-refractivity contribution in [2.45, 2.75) is 39.2 Å². The van der Waals surface area contributed by atoms with Crippen LogP contribution in [0.25, 0.3) is 0 Å². The minimum atomic E-state index is -0.00378. The average molecular weight is 347 g/mol. The lowest BCUT2D eigenvalue weighted by Crippen LogP contribution is -2.29. The molecular weight excluding hydrogens is 324 g/mol. The maximum Gasteiger partial charge on any atom is 0.0710 e. The van der Waals surface area contributed by atoms with Crippen molar-refractivity contribution in [1.82, 2.24) is 5.43 Å².